The van der Waals surface area contributed by atoms with Crippen molar-refractivity contribution in [3.63, 3.8) is 0 Å². The molecular formula is C124H84N2. The fraction of sp³-hybridized carbons (Fsp3) is 0.0323. The summed E-state index contributed by atoms with van der Waals surface area (Å²) in [6.45, 7) is 0. The molecule has 0 aliphatic heterocycles. The van der Waals surface area contributed by atoms with Gasteiger partial charge < -0.3 is 9.80 Å². The lowest BCUT2D eigenvalue weighted by molar-refractivity contribution is 0.626. The molecule has 590 valence electrons. The summed E-state index contributed by atoms with van der Waals surface area (Å²) in [5.74, 6) is 0. The predicted molar refractivity (Wildman–Crippen MR) is 521 cm³/mol. The van der Waals surface area contributed by atoms with Gasteiger partial charge >= 0.3 is 0 Å². The summed E-state index contributed by atoms with van der Waals surface area (Å²) in [7, 11) is 0. The normalized spacial score (nSPS) is 16.9. The number of hydrogen-bond acceptors (Lipinski definition) is 2. The van der Waals surface area contributed by atoms with Crippen molar-refractivity contribution >= 4 is 34.1 Å². The molecule has 2 nitrogen and oxygen atoms in total. The molecule has 0 fully saturated rings. The first kappa shape index (κ1) is 73.9. The van der Waals surface area contributed by atoms with Crippen LogP contribution in [0.1, 0.15) is 89.0 Å². The molecule has 0 N–H and O–H groups in total. The van der Waals surface area contributed by atoms with Crippen LogP contribution in [0.5, 0.6) is 0 Å². The van der Waals surface area contributed by atoms with Crippen molar-refractivity contribution in [2.75, 3.05) is 9.80 Å². The Morgan fingerprint density at radius 2 is 0.341 bits per heavy atom. The molecule has 0 bridgehead atoms. The third-order valence-corrected chi connectivity index (χ3v) is 27.8. The molecule has 20 aromatic rings. The van der Waals surface area contributed by atoms with Crippen molar-refractivity contribution in [1.29, 1.82) is 0 Å². The van der Waals surface area contributed by atoms with Gasteiger partial charge in [-0.2, -0.15) is 0 Å². The van der Waals surface area contributed by atoms with Crippen LogP contribution >= 0.6 is 0 Å². The molecule has 24 rings (SSSR count). The van der Waals surface area contributed by atoms with Crippen LogP contribution in [0.4, 0.5) is 34.1 Å². The van der Waals surface area contributed by atoms with Gasteiger partial charge in [-0.1, -0.05) is 431 Å². The van der Waals surface area contributed by atoms with Gasteiger partial charge in [0, 0.05) is 34.1 Å². The van der Waals surface area contributed by atoms with Crippen molar-refractivity contribution in [2.24, 2.45) is 0 Å². The topological polar surface area (TPSA) is 6.48 Å². The summed E-state index contributed by atoms with van der Waals surface area (Å²) in [5.41, 5.74) is 40.9. The van der Waals surface area contributed by atoms with E-state index >= 15 is 0 Å². The van der Waals surface area contributed by atoms with Crippen LogP contribution in [0.15, 0.2) is 510 Å². The van der Waals surface area contributed by atoms with Gasteiger partial charge in [0.15, 0.2) is 0 Å². The zero-order chi connectivity index (χ0) is 83.3. The minimum Gasteiger partial charge on any atom is -0.311 e. The first-order chi connectivity index (χ1) is 62.5. The molecule has 4 unspecified atom stereocenters. The quantitative estimate of drug-likeness (QED) is 0.0896. The highest BCUT2D eigenvalue weighted by Crippen LogP contribution is 2.69. The Labute approximate surface area is 736 Å². The standard InChI is InChI=1S/C124H84N2/c1-7-31-85(32-8-1)89-63-73-101(74-64-89)125(104-79-69-98(70-80-104)121(95-39-13-4-14-40-95)113-53-23-25-55-115(113)123(97-43-17-6-18-44-97)111-51-21-19-47-107(111)109-49-29-57-117(121)119(109)123)102-75-67-91(68-76-102)88-59-61-92(62-60-88)93-37-27-45-100(83-93)124-112-52-22-20-48-108(112)110-50-30-58-118(120(110)124)122(96-41-15-5-16-42-96,114-54-24-26-56-116(114)124)99-71-81-105(82-72-99)126(103-77-65-90(66-78-103)86-33-9-2-10-34-86)106-46-28-38-94(84-106)87-35-11-3-12-36-87/h1-84H. The monoisotopic (exact) mass is 1600 g/mol. The lowest BCUT2D eigenvalue weighted by Gasteiger charge is -2.49. The van der Waals surface area contributed by atoms with Gasteiger partial charge in [0.05, 0.1) is 21.7 Å². The van der Waals surface area contributed by atoms with Crippen LogP contribution < -0.4 is 9.80 Å². The van der Waals surface area contributed by atoms with E-state index in [4.69, 9.17) is 0 Å². The van der Waals surface area contributed by atoms with Gasteiger partial charge in [-0.05, 0) is 246 Å². The smallest absolute Gasteiger partial charge is 0.0720 e. The maximum atomic E-state index is 2.49. The van der Waals surface area contributed by atoms with E-state index in [0.717, 1.165) is 61.9 Å². The lowest BCUT2D eigenvalue weighted by Crippen LogP contribution is -2.44. The summed E-state index contributed by atoms with van der Waals surface area (Å²) in [5, 5.41) is 0. The Morgan fingerprint density at radius 1 is 0.119 bits per heavy atom. The third-order valence-electron chi connectivity index (χ3n) is 27.8. The van der Waals surface area contributed by atoms with Gasteiger partial charge in [-0.25, -0.2) is 0 Å². The Morgan fingerprint density at radius 3 is 0.730 bits per heavy atom. The second-order valence-electron chi connectivity index (χ2n) is 33.9. The second-order valence-corrected chi connectivity index (χ2v) is 33.9. The maximum Gasteiger partial charge on any atom is 0.0720 e. The highest BCUT2D eigenvalue weighted by molar-refractivity contribution is 5.95. The Kier molecular flexibility index (Phi) is 17.6. The van der Waals surface area contributed by atoms with Crippen LogP contribution in [0.25, 0.3) is 77.9 Å². The molecule has 0 aromatic heterocycles. The van der Waals surface area contributed by atoms with Crippen molar-refractivity contribution in [2.45, 2.75) is 21.7 Å². The number of hydrogen-bond donors (Lipinski definition) is 0. The fourth-order valence-corrected chi connectivity index (χ4v) is 22.6. The molecule has 20 aromatic carbocycles. The first-order valence-corrected chi connectivity index (χ1v) is 43.9. The molecule has 0 spiro atoms. The van der Waals surface area contributed by atoms with Crippen LogP contribution in [0.3, 0.4) is 0 Å². The molecule has 4 atom stereocenters. The van der Waals surface area contributed by atoms with Crippen LogP contribution in [0, 0.1) is 0 Å². The lowest BCUT2D eigenvalue weighted by atomic mass is 9.51. The van der Waals surface area contributed by atoms with Gasteiger partial charge in [-0.3, -0.25) is 0 Å². The largest absolute Gasteiger partial charge is 0.311 e. The van der Waals surface area contributed by atoms with Crippen LogP contribution in [-0.4, -0.2) is 0 Å². The molecule has 4 aliphatic carbocycles. The summed E-state index contributed by atoms with van der Waals surface area (Å²) in [6.07, 6.45) is 0. The summed E-state index contributed by atoms with van der Waals surface area (Å²) >= 11 is 0. The Hall–Kier alpha value is -16.0. The van der Waals surface area contributed by atoms with Gasteiger partial charge in [0.2, 0.25) is 0 Å². The highest BCUT2D eigenvalue weighted by atomic mass is 15.1. The zero-order valence-electron chi connectivity index (χ0n) is 69.4. The molecule has 2 heteroatoms. The van der Waals surface area contributed by atoms with Gasteiger partial charge in [0.1, 0.15) is 0 Å². The second kappa shape index (κ2) is 30.0. The SMILES string of the molecule is c1ccc(-c2ccc(N(c3ccc(-c4ccc(-c5cccc(C67c8ccccc8-c8cccc(c86)C(c6ccccc6)(c6ccc(N(c8ccc(-c9ccccc9)cc8)c8cccc(-c9ccccc9)c8)cc6)c6ccccc67)c5)cc4)cc3)c3ccc(C4(c5ccccc5)c5ccccc5C5(c6ccccc6)c6ccccc6-c6cccc4c65)cc3)cc2)cc1. The first-order valence-electron chi connectivity index (χ1n) is 43.9. The highest BCUT2D eigenvalue weighted by Gasteiger charge is 2.60. The minimum absolute atomic E-state index is 0.535. The Bertz CT molecular complexity index is 7500. The predicted octanol–water partition coefficient (Wildman–Crippen LogP) is 31.1. The summed E-state index contributed by atoms with van der Waals surface area (Å²) in [6, 6.07) is 191. The number of benzene rings is 20. The van der Waals surface area contributed by atoms with Crippen LogP contribution in [-0.2, 0) is 21.7 Å². The molecule has 0 heterocycles. The number of rotatable bonds is 17. The molecule has 4 aliphatic rings. The van der Waals surface area contributed by atoms with E-state index in [2.05, 4.69) is 519 Å². The summed E-state index contributed by atoms with van der Waals surface area (Å²) in [4.78, 5) is 4.83. The summed E-state index contributed by atoms with van der Waals surface area (Å²) < 4.78 is 0. The average Bonchev–Trinajstić information content (AvgIpc) is 1.44. The molecule has 0 saturated heterocycles. The van der Waals surface area contributed by atoms with E-state index in [1.807, 2.05) is 0 Å². The van der Waals surface area contributed by atoms with E-state index in [0.29, 0.717) is 0 Å². The van der Waals surface area contributed by atoms with Gasteiger partial charge in [-0.15, -0.1) is 0 Å². The van der Waals surface area contributed by atoms with Crippen molar-refractivity contribution in [1.82, 2.24) is 0 Å². The average molecular weight is 1600 g/mol. The van der Waals surface area contributed by atoms with E-state index in [1.165, 1.54) is 139 Å². The third kappa shape index (κ3) is 11.2. The van der Waals surface area contributed by atoms with Gasteiger partial charge in [0.25, 0.3) is 0 Å². The Balaban J connectivity index is 0.592. The fourth-order valence-electron chi connectivity index (χ4n) is 22.6. The molecule has 0 radical (unpaired) electrons. The van der Waals surface area contributed by atoms with Crippen LogP contribution in [0.2, 0.25) is 0 Å². The van der Waals surface area contributed by atoms with E-state index in [1.54, 1.807) is 0 Å². The van der Waals surface area contributed by atoms with Crippen molar-refractivity contribution in [3.05, 3.63) is 599 Å². The van der Waals surface area contributed by atoms with Crippen molar-refractivity contribution in [3.8, 4) is 77.9 Å². The molecule has 126 heavy (non-hydrogen) atoms. The van der Waals surface area contributed by atoms with E-state index in [9.17, 15) is 0 Å². The van der Waals surface area contributed by atoms with E-state index in [-0.39, 0.29) is 0 Å². The molecular weight excluding hydrogens is 1520 g/mol. The zero-order valence-corrected chi connectivity index (χ0v) is 69.4. The maximum absolute atomic E-state index is 2.49. The molecule has 0 amide bonds. The number of fused-ring (bicyclic) bond motifs is 10. The molecule has 0 saturated carbocycles. The minimum atomic E-state index is -0.737. The number of nitrogens with zero attached hydrogens (tertiary/aromatic N) is 2. The number of anilines is 6. The van der Waals surface area contributed by atoms with Crippen molar-refractivity contribution < 1.29 is 0 Å². The van der Waals surface area contributed by atoms with E-state index < -0.39 is 21.7 Å².